The fourth-order valence-electron chi connectivity index (χ4n) is 4.10. The first kappa shape index (κ1) is 24.2. The number of carbonyl (C=O) groups excluding carboxylic acids is 1. The van der Waals surface area contributed by atoms with E-state index >= 15 is 0 Å². The molecule has 8 nitrogen and oxygen atoms in total. The monoisotopic (exact) mass is 528 g/mol. The van der Waals surface area contributed by atoms with Gasteiger partial charge < -0.3 is 14.6 Å². The van der Waals surface area contributed by atoms with Crippen molar-refractivity contribution in [3.05, 3.63) is 45.4 Å². The van der Waals surface area contributed by atoms with Crippen LogP contribution in [0.15, 0.2) is 29.3 Å². The van der Waals surface area contributed by atoms with E-state index in [1.807, 2.05) is 18.2 Å². The molecule has 1 fully saturated rings. The first-order valence-corrected chi connectivity index (χ1v) is 17.4. The molecule has 0 radical (unpaired) electrons. The molecule has 184 valence electrons. The molecule has 0 atom stereocenters. The SMILES string of the molecule is C[Si](C)(C)C#Cc1ccc2[nH]c(S(=O)(=O)N3CCN(C(=O)c4nc5c(s4)COCC5)CC3)cc2c1. The first-order chi connectivity index (χ1) is 16.6. The van der Waals surface area contributed by atoms with Gasteiger partial charge in [-0.1, -0.05) is 25.6 Å². The minimum Gasteiger partial charge on any atom is -0.375 e. The Kier molecular flexibility index (Phi) is 6.35. The van der Waals surface area contributed by atoms with Crippen LogP contribution in [0.2, 0.25) is 19.6 Å². The van der Waals surface area contributed by atoms with Gasteiger partial charge in [-0.25, -0.2) is 13.4 Å². The normalized spacial score (nSPS) is 17.2. The highest BCUT2D eigenvalue weighted by Crippen LogP contribution is 2.26. The molecule has 0 unspecified atom stereocenters. The van der Waals surface area contributed by atoms with Gasteiger partial charge in [-0.15, -0.1) is 16.9 Å². The van der Waals surface area contributed by atoms with E-state index < -0.39 is 18.1 Å². The number of rotatable bonds is 3. The van der Waals surface area contributed by atoms with Crippen molar-refractivity contribution in [3.8, 4) is 11.5 Å². The predicted octanol–water partition coefficient (Wildman–Crippen LogP) is 3.07. The summed E-state index contributed by atoms with van der Waals surface area (Å²) in [6.07, 6.45) is 0.724. The van der Waals surface area contributed by atoms with Gasteiger partial charge in [0.1, 0.15) is 13.1 Å². The summed E-state index contributed by atoms with van der Waals surface area (Å²) in [5.41, 5.74) is 5.92. The van der Waals surface area contributed by atoms with Crippen LogP contribution < -0.4 is 0 Å². The van der Waals surface area contributed by atoms with Gasteiger partial charge in [0.25, 0.3) is 15.9 Å². The summed E-state index contributed by atoms with van der Waals surface area (Å²) in [7, 11) is -5.21. The summed E-state index contributed by atoms with van der Waals surface area (Å²) in [4.78, 5) is 23.2. The van der Waals surface area contributed by atoms with E-state index in [2.05, 4.69) is 41.1 Å². The lowest BCUT2D eigenvalue weighted by Crippen LogP contribution is -2.50. The number of amides is 1. The van der Waals surface area contributed by atoms with Gasteiger partial charge >= 0.3 is 0 Å². The molecule has 35 heavy (non-hydrogen) atoms. The van der Waals surface area contributed by atoms with Crippen LogP contribution in [-0.4, -0.2) is 74.4 Å². The van der Waals surface area contributed by atoms with Crippen LogP contribution in [0.4, 0.5) is 0 Å². The third-order valence-electron chi connectivity index (χ3n) is 6.00. The Labute approximate surface area is 210 Å². The van der Waals surface area contributed by atoms with E-state index in [0.717, 1.165) is 33.5 Å². The Balaban J connectivity index is 1.28. The first-order valence-electron chi connectivity index (χ1n) is 11.6. The molecule has 3 aromatic rings. The number of nitrogens with zero attached hydrogens (tertiary/aromatic N) is 3. The predicted molar refractivity (Wildman–Crippen MR) is 139 cm³/mol. The molecular weight excluding hydrogens is 501 g/mol. The Morgan fingerprint density at radius 2 is 1.94 bits per heavy atom. The number of ether oxygens (including phenoxy) is 1. The van der Waals surface area contributed by atoms with E-state index in [9.17, 15) is 13.2 Å². The number of thiazole rings is 1. The number of hydrogen-bond donors (Lipinski definition) is 1. The van der Waals surface area contributed by atoms with Crippen LogP contribution in [0.25, 0.3) is 10.9 Å². The Hall–Kier alpha value is -2.49. The molecule has 0 saturated carbocycles. The van der Waals surface area contributed by atoms with Gasteiger partial charge in [0.05, 0.1) is 23.8 Å². The molecule has 0 bridgehead atoms. The zero-order valence-electron chi connectivity index (χ0n) is 20.1. The highest BCUT2D eigenvalue weighted by molar-refractivity contribution is 7.89. The molecule has 2 aromatic heterocycles. The molecular formula is C24H28N4O4S2Si. The van der Waals surface area contributed by atoms with Crippen LogP contribution in [0, 0.1) is 11.5 Å². The lowest BCUT2D eigenvalue weighted by atomic mass is 10.2. The van der Waals surface area contributed by atoms with Crippen LogP contribution in [-0.2, 0) is 27.8 Å². The van der Waals surface area contributed by atoms with E-state index in [4.69, 9.17) is 4.74 Å². The van der Waals surface area contributed by atoms with Crippen LogP contribution >= 0.6 is 11.3 Å². The maximum Gasteiger partial charge on any atom is 0.282 e. The van der Waals surface area contributed by atoms with Crippen molar-refractivity contribution < 1.29 is 17.9 Å². The summed E-state index contributed by atoms with van der Waals surface area (Å²) >= 11 is 1.38. The quantitative estimate of drug-likeness (QED) is 0.416. The third kappa shape index (κ3) is 5.08. The van der Waals surface area contributed by atoms with Gasteiger partial charge in [0, 0.05) is 49.1 Å². The minimum absolute atomic E-state index is 0.140. The lowest BCUT2D eigenvalue weighted by Gasteiger charge is -2.33. The molecule has 5 rings (SSSR count). The lowest BCUT2D eigenvalue weighted by molar-refractivity contribution is 0.0697. The molecule has 1 aromatic carbocycles. The average Bonchev–Trinajstić information content (AvgIpc) is 3.46. The standard InChI is InChI=1S/C24H28N4O4S2Si/c1-35(2,3)13-7-17-4-5-19-18(14-17)15-22(25-19)34(30,31)28-10-8-27(9-11-28)24(29)23-26-20-6-12-32-16-21(20)33-23/h4-5,14-15,25H,6,8-12,16H2,1-3H3. The number of carbonyl (C=O) groups is 1. The fraction of sp³-hybridized carbons (Fsp3) is 0.417. The number of fused-ring (bicyclic) bond motifs is 2. The maximum atomic E-state index is 13.3. The largest absolute Gasteiger partial charge is 0.375 e. The summed E-state index contributed by atoms with van der Waals surface area (Å²) in [6.45, 7) is 8.83. The molecule has 0 spiro atoms. The molecule has 11 heteroatoms. The second kappa shape index (κ2) is 9.18. The van der Waals surface area contributed by atoms with Crippen LogP contribution in [0.5, 0.6) is 0 Å². The number of aromatic amines is 1. The molecule has 2 aliphatic rings. The van der Waals surface area contributed by atoms with E-state index in [-0.39, 0.29) is 24.0 Å². The van der Waals surface area contributed by atoms with Crippen molar-refractivity contribution in [2.24, 2.45) is 0 Å². The molecule has 1 amide bonds. The van der Waals surface area contributed by atoms with E-state index in [1.165, 1.54) is 15.6 Å². The number of benzene rings is 1. The van der Waals surface area contributed by atoms with Crippen molar-refractivity contribution in [2.45, 2.75) is 37.7 Å². The van der Waals surface area contributed by atoms with Gasteiger partial charge in [-0.2, -0.15) is 4.31 Å². The number of hydrogen-bond acceptors (Lipinski definition) is 6. The second-order valence-corrected chi connectivity index (χ2v) is 17.6. The van der Waals surface area contributed by atoms with Crippen LogP contribution in [0.3, 0.4) is 0 Å². The minimum atomic E-state index is -3.71. The Bertz CT molecular complexity index is 1430. The summed E-state index contributed by atoms with van der Waals surface area (Å²) in [6, 6.07) is 7.38. The molecule has 2 aliphatic heterocycles. The average molecular weight is 529 g/mol. The zero-order valence-corrected chi connectivity index (χ0v) is 22.7. The highest BCUT2D eigenvalue weighted by Gasteiger charge is 2.33. The molecule has 0 aliphatic carbocycles. The zero-order chi connectivity index (χ0) is 24.8. The van der Waals surface area contributed by atoms with Gasteiger partial charge in [0.2, 0.25) is 0 Å². The van der Waals surface area contributed by atoms with Crippen molar-refractivity contribution >= 4 is 46.2 Å². The highest BCUT2D eigenvalue weighted by atomic mass is 32.2. The number of aromatic nitrogens is 2. The Morgan fingerprint density at radius 3 is 2.66 bits per heavy atom. The van der Waals surface area contributed by atoms with Crippen molar-refractivity contribution in [1.82, 2.24) is 19.2 Å². The topological polar surface area (TPSA) is 95.6 Å². The van der Waals surface area contributed by atoms with E-state index in [0.29, 0.717) is 31.3 Å². The van der Waals surface area contributed by atoms with Crippen LogP contribution in [0.1, 0.15) is 25.9 Å². The summed E-state index contributed by atoms with van der Waals surface area (Å²) in [5.74, 6) is 3.08. The molecule has 1 saturated heterocycles. The summed E-state index contributed by atoms with van der Waals surface area (Å²) in [5, 5.41) is 1.44. The fourth-order valence-corrected chi connectivity index (χ4v) is 7.07. The van der Waals surface area contributed by atoms with Gasteiger partial charge in [-0.3, -0.25) is 4.79 Å². The third-order valence-corrected chi connectivity index (χ3v) is 9.75. The number of nitrogens with one attached hydrogen (secondary N) is 1. The van der Waals surface area contributed by atoms with Crippen molar-refractivity contribution in [2.75, 3.05) is 32.8 Å². The second-order valence-electron chi connectivity index (χ2n) is 9.82. The van der Waals surface area contributed by atoms with Crippen molar-refractivity contribution in [3.63, 3.8) is 0 Å². The number of sulfonamides is 1. The van der Waals surface area contributed by atoms with Gasteiger partial charge in [0.15, 0.2) is 5.01 Å². The van der Waals surface area contributed by atoms with E-state index in [1.54, 1.807) is 11.0 Å². The van der Waals surface area contributed by atoms with Gasteiger partial charge in [-0.05, 0) is 24.3 Å². The van der Waals surface area contributed by atoms with Crippen molar-refractivity contribution in [1.29, 1.82) is 0 Å². The Morgan fingerprint density at radius 1 is 1.17 bits per heavy atom. The number of piperazine rings is 1. The maximum absolute atomic E-state index is 13.3. The molecule has 4 heterocycles. The smallest absolute Gasteiger partial charge is 0.282 e. The molecule has 1 N–H and O–H groups in total. The number of H-pyrrole nitrogens is 1. The summed E-state index contributed by atoms with van der Waals surface area (Å²) < 4.78 is 33.5.